The number of benzene rings is 2. The number of carbonyl (C=O) groups excluding carboxylic acids is 1. The molecule has 3 aromatic rings. The van der Waals surface area contributed by atoms with E-state index in [2.05, 4.69) is 15.6 Å². The van der Waals surface area contributed by atoms with Crippen molar-refractivity contribution in [1.29, 1.82) is 0 Å². The summed E-state index contributed by atoms with van der Waals surface area (Å²) < 4.78 is 27.1. The average Bonchev–Trinajstić information content (AvgIpc) is 3.22. The van der Waals surface area contributed by atoms with Crippen molar-refractivity contribution < 1.29 is 18.1 Å². The van der Waals surface area contributed by atoms with E-state index in [1.165, 1.54) is 48.5 Å². The maximum absolute atomic E-state index is 12.3. The van der Waals surface area contributed by atoms with Crippen molar-refractivity contribution in [3.8, 4) is 0 Å². The van der Waals surface area contributed by atoms with Crippen molar-refractivity contribution in [3.05, 3.63) is 81.7 Å². The van der Waals surface area contributed by atoms with E-state index in [0.29, 0.717) is 0 Å². The van der Waals surface area contributed by atoms with Crippen molar-refractivity contribution in [3.63, 3.8) is 0 Å². The SMILES string of the molecule is O=C(NNc1ccccc1[N+](=O)[O-])c1cccc(NS(=O)(=O)c2cccs2)c1. The minimum atomic E-state index is -3.74. The molecule has 0 aliphatic carbocycles. The molecule has 0 atom stereocenters. The Morgan fingerprint density at radius 1 is 1.04 bits per heavy atom. The van der Waals surface area contributed by atoms with E-state index >= 15 is 0 Å². The van der Waals surface area contributed by atoms with E-state index < -0.39 is 20.9 Å². The van der Waals surface area contributed by atoms with Gasteiger partial charge in [0.1, 0.15) is 9.90 Å². The van der Waals surface area contributed by atoms with Crippen LogP contribution in [-0.2, 0) is 10.0 Å². The van der Waals surface area contributed by atoms with Gasteiger partial charge in [-0.05, 0) is 35.7 Å². The van der Waals surface area contributed by atoms with Crippen molar-refractivity contribution in [1.82, 2.24) is 5.43 Å². The van der Waals surface area contributed by atoms with Crippen LogP contribution in [0, 0.1) is 10.1 Å². The van der Waals surface area contributed by atoms with Crippen LogP contribution in [0.3, 0.4) is 0 Å². The maximum Gasteiger partial charge on any atom is 0.294 e. The summed E-state index contributed by atoms with van der Waals surface area (Å²) in [6.45, 7) is 0. The third-order valence-corrected chi connectivity index (χ3v) is 6.33. The second kappa shape index (κ2) is 8.06. The number of nitrogens with one attached hydrogen (secondary N) is 3. The first-order valence-electron chi connectivity index (χ1n) is 7.83. The Kier molecular flexibility index (Phi) is 5.57. The molecule has 0 bridgehead atoms. The number of anilines is 2. The van der Waals surface area contributed by atoms with Crippen LogP contribution < -0.4 is 15.6 Å². The third-order valence-electron chi connectivity index (χ3n) is 3.55. The minimum Gasteiger partial charge on any atom is -0.292 e. The van der Waals surface area contributed by atoms with Crippen molar-refractivity contribution in [2.24, 2.45) is 0 Å². The Hall–Kier alpha value is -3.44. The van der Waals surface area contributed by atoms with Gasteiger partial charge >= 0.3 is 0 Å². The van der Waals surface area contributed by atoms with Crippen LogP contribution in [0.15, 0.2) is 70.3 Å². The van der Waals surface area contributed by atoms with Gasteiger partial charge in [-0.15, -0.1) is 11.3 Å². The van der Waals surface area contributed by atoms with Crippen LogP contribution in [0.5, 0.6) is 0 Å². The first-order chi connectivity index (χ1) is 13.4. The molecule has 2 aromatic carbocycles. The van der Waals surface area contributed by atoms with Gasteiger partial charge in [0.15, 0.2) is 0 Å². The predicted octanol–water partition coefficient (Wildman–Crippen LogP) is 3.21. The van der Waals surface area contributed by atoms with Gasteiger partial charge < -0.3 is 0 Å². The molecule has 0 saturated heterocycles. The molecule has 3 rings (SSSR count). The summed E-state index contributed by atoms with van der Waals surface area (Å²) in [4.78, 5) is 22.8. The van der Waals surface area contributed by atoms with E-state index in [0.717, 1.165) is 11.3 Å². The Balaban J connectivity index is 1.72. The van der Waals surface area contributed by atoms with Crippen LogP contribution in [0.2, 0.25) is 0 Å². The molecule has 0 saturated carbocycles. The quantitative estimate of drug-likeness (QED) is 0.399. The second-order valence-electron chi connectivity index (χ2n) is 5.47. The predicted molar refractivity (Wildman–Crippen MR) is 106 cm³/mol. The van der Waals surface area contributed by atoms with Crippen LogP contribution in [0.4, 0.5) is 17.1 Å². The molecule has 1 amide bonds. The van der Waals surface area contributed by atoms with Gasteiger partial charge in [-0.2, -0.15) is 0 Å². The molecule has 1 heterocycles. The van der Waals surface area contributed by atoms with Crippen LogP contribution in [-0.4, -0.2) is 19.2 Å². The highest BCUT2D eigenvalue weighted by Gasteiger charge is 2.17. The fourth-order valence-electron chi connectivity index (χ4n) is 2.28. The van der Waals surface area contributed by atoms with E-state index in [1.807, 2.05) is 0 Å². The van der Waals surface area contributed by atoms with Crippen molar-refractivity contribution in [2.45, 2.75) is 4.21 Å². The molecule has 1 aromatic heterocycles. The number of hydrazine groups is 1. The number of rotatable bonds is 7. The van der Waals surface area contributed by atoms with Gasteiger partial charge in [0.05, 0.1) is 4.92 Å². The number of amides is 1. The number of nitro groups is 1. The van der Waals surface area contributed by atoms with Crippen LogP contribution >= 0.6 is 11.3 Å². The summed E-state index contributed by atoms with van der Waals surface area (Å²) in [7, 11) is -3.74. The summed E-state index contributed by atoms with van der Waals surface area (Å²) in [6, 6.07) is 14.8. The van der Waals surface area contributed by atoms with Gasteiger partial charge in [-0.3, -0.25) is 30.5 Å². The Morgan fingerprint density at radius 3 is 2.54 bits per heavy atom. The van der Waals surface area contributed by atoms with Gasteiger partial charge in [-0.25, -0.2) is 8.42 Å². The highest BCUT2D eigenvalue weighted by atomic mass is 32.2. The molecule has 0 radical (unpaired) electrons. The normalized spacial score (nSPS) is 10.9. The highest BCUT2D eigenvalue weighted by molar-refractivity contribution is 7.94. The Bertz CT molecular complexity index is 1110. The average molecular weight is 418 g/mol. The molecule has 0 aliphatic heterocycles. The lowest BCUT2D eigenvalue weighted by Crippen LogP contribution is -2.29. The summed E-state index contributed by atoms with van der Waals surface area (Å²) in [5.41, 5.74) is 5.17. The third kappa shape index (κ3) is 4.45. The molecular formula is C17H14N4O5S2. The number of para-hydroxylation sites is 2. The molecule has 3 N–H and O–H groups in total. The lowest BCUT2D eigenvalue weighted by molar-refractivity contribution is -0.384. The Morgan fingerprint density at radius 2 is 1.82 bits per heavy atom. The Labute approximate surface area is 164 Å². The van der Waals surface area contributed by atoms with Crippen LogP contribution in [0.1, 0.15) is 10.4 Å². The van der Waals surface area contributed by atoms with E-state index in [4.69, 9.17) is 0 Å². The topological polar surface area (TPSA) is 130 Å². The lowest BCUT2D eigenvalue weighted by Gasteiger charge is -2.10. The summed E-state index contributed by atoms with van der Waals surface area (Å²) in [6.07, 6.45) is 0. The number of hydrogen-bond acceptors (Lipinski definition) is 7. The lowest BCUT2D eigenvalue weighted by atomic mass is 10.2. The number of sulfonamides is 1. The zero-order valence-corrected chi connectivity index (χ0v) is 15.8. The summed E-state index contributed by atoms with van der Waals surface area (Å²) in [5.74, 6) is -0.588. The molecule has 9 nitrogen and oxygen atoms in total. The fourth-order valence-corrected chi connectivity index (χ4v) is 4.32. The monoisotopic (exact) mass is 418 g/mol. The molecule has 0 fully saturated rings. The number of nitrogens with zero attached hydrogens (tertiary/aromatic N) is 1. The van der Waals surface area contributed by atoms with E-state index in [9.17, 15) is 23.3 Å². The minimum absolute atomic E-state index is 0.121. The number of nitro benzene ring substituents is 1. The van der Waals surface area contributed by atoms with E-state index in [1.54, 1.807) is 17.5 Å². The summed E-state index contributed by atoms with van der Waals surface area (Å²) in [5, 5.41) is 12.6. The smallest absolute Gasteiger partial charge is 0.292 e. The fraction of sp³-hybridized carbons (Fsp3) is 0. The van der Waals surface area contributed by atoms with Crippen molar-refractivity contribution >= 4 is 44.3 Å². The van der Waals surface area contributed by atoms with Crippen molar-refractivity contribution in [2.75, 3.05) is 10.1 Å². The molecule has 0 spiro atoms. The van der Waals surface area contributed by atoms with Gasteiger partial charge in [-0.1, -0.05) is 24.3 Å². The van der Waals surface area contributed by atoms with Gasteiger partial charge in [0.2, 0.25) is 0 Å². The molecular weight excluding hydrogens is 404 g/mol. The number of thiophene rings is 1. The largest absolute Gasteiger partial charge is 0.294 e. The standard InChI is InChI=1S/C17H14N4O5S2/c22-17(19-18-14-7-1-2-8-15(14)21(23)24)12-5-3-6-13(11-12)20-28(25,26)16-9-4-10-27-16/h1-11,18,20H,(H,19,22). The molecule has 144 valence electrons. The first kappa shape index (κ1) is 19.3. The highest BCUT2D eigenvalue weighted by Crippen LogP contribution is 2.23. The molecule has 11 heteroatoms. The molecule has 0 aliphatic rings. The maximum atomic E-state index is 12.3. The van der Waals surface area contributed by atoms with Gasteiger partial charge in [0.25, 0.3) is 21.6 Å². The van der Waals surface area contributed by atoms with Gasteiger partial charge in [0, 0.05) is 17.3 Å². The second-order valence-corrected chi connectivity index (χ2v) is 8.33. The number of hydrogen-bond donors (Lipinski definition) is 3. The molecule has 28 heavy (non-hydrogen) atoms. The first-order valence-corrected chi connectivity index (χ1v) is 10.2. The zero-order valence-electron chi connectivity index (χ0n) is 14.2. The zero-order chi connectivity index (χ0) is 20.1. The van der Waals surface area contributed by atoms with Crippen LogP contribution in [0.25, 0.3) is 0 Å². The van der Waals surface area contributed by atoms with E-state index in [-0.39, 0.29) is 26.8 Å². The molecule has 0 unspecified atom stereocenters. The summed E-state index contributed by atoms with van der Waals surface area (Å²) >= 11 is 1.07. The number of carbonyl (C=O) groups is 1.